The maximum atomic E-state index is 11.8. The van der Waals surface area contributed by atoms with Gasteiger partial charge in [0.2, 0.25) is 0 Å². The third-order valence-corrected chi connectivity index (χ3v) is 2.61. The van der Waals surface area contributed by atoms with E-state index in [1.807, 2.05) is 20.8 Å². The molecule has 0 aromatic heterocycles. The fourth-order valence-electron chi connectivity index (χ4n) is 1.48. The standard InChI is InChI=1S/C14H26O4/c1-6-7-8-17-13(15)9-12(10(2)3)14(16)18-11(4)5/h10-12H,6-9H2,1-5H3. The van der Waals surface area contributed by atoms with E-state index in [0.29, 0.717) is 6.61 Å². The molecule has 0 saturated heterocycles. The smallest absolute Gasteiger partial charge is 0.310 e. The Morgan fingerprint density at radius 1 is 1.11 bits per heavy atom. The molecule has 0 heterocycles. The van der Waals surface area contributed by atoms with Crippen LogP contribution in [0.4, 0.5) is 0 Å². The molecule has 0 rings (SSSR count). The van der Waals surface area contributed by atoms with Gasteiger partial charge in [-0.1, -0.05) is 27.2 Å². The third kappa shape index (κ3) is 7.30. The van der Waals surface area contributed by atoms with Gasteiger partial charge >= 0.3 is 11.9 Å². The lowest BCUT2D eigenvalue weighted by Crippen LogP contribution is -2.28. The van der Waals surface area contributed by atoms with Crippen LogP contribution in [0.25, 0.3) is 0 Å². The summed E-state index contributed by atoms with van der Waals surface area (Å²) in [4.78, 5) is 23.4. The monoisotopic (exact) mass is 258 g/mol. The Hall–Kier alpha value is -1.06. The first kappa shape index (κ1) is 16.9. The quantitative estimate of drug-likeness (QED) is 0.496. The Bertz CT molecular complexity index is 259. The average molecular weight is 258 g/mol. The molecule has 1 unspecified atom stereocenters. The van der Waals surface area contributed by atoms with Gasteiger partial charge in [0, 0.05) is 0 Å². The molecule has 0 aliphatic carbocycles. The zero-order valence-corrected chi connectivity index (χ0v) is 12.2. The molecule has 1 atom stereocenters. The first-order chi connectivity index (χ1) is 8.38. The number of rotatable bonds is 8. The fraction of sp³-hybridized carbons (Fsp3) is 0.857. The van der Waals surface area contributed by atoms with Crippen molar-refractivity contribution in [2.45, 2.75) is 60.0 Å². The van der Waals surface area contributed by atoms with Crippen LogP contribution in [0.2, 0.25) is 0 Å². The molecule has 0 aliphatic heterocycles. The molecule has 0 fully saturated rings. The first-order valence-electron chi connectivity index (χ1n) is 6.74. The third-order valence-electron chi connectivity index (χ3n) is 2.61. The van der Waals surface area contributed by atoms with Gasteiger partial charge in [-0.25, -0.2) is 0 Å². The molecule has 0 N–H and O–H groups in total. The molecule has 0 saturated carbocycles. The number of unbranched alkanes of at least 4 members (excludes halogenated alkanes) is 1. The van der Waals surface area contributed by atoms with Crippen molar-refractivity contribution in [2.24, 2.45) is 11.8 Å². The lowest BCUT2D eigenvalue weighted by molar-refractivity contribution is -0.159. The van der Waals surface area contributed by atoms with Gasteiger partial charge in [-0.3, -0.25) is 9.59 Å². The van der Waals surface area contributed by atoms with E-state index in [-0.39, 0.29) is 30.4 Å². The van der Waals surface area contributed by atoms with Crippen LogP contribution in [-0.2, 0) is 19.1 Å². The van der Waals surface area contributed by atoms with E-state index >= 15 is 0 Å². The zero-order chi connectivity index (χ0) is 14.1. The van der Waals surface area contributed by atoms with Crippen molar-refractivity contribution >= 4 is 11.9 Å². The Morgan fingerprint density at radius 2 is 1.72 bits per heavy atom. The molecule has 0 amide bonds. The van der Waals surface area contributed by atoms with E-state index in [9.17, 15) is 9.59 Å². The van der Waals surface area contributed by atoms with Crippen LogP contribution in [0.1, 0.15) is 53.9 Å². The fourth-order valence-corrected chi connectivity index (χ4v) is 1.48. The zero-order valence-electron chi connectivity index (χ0n) is 12.2. The second kappa shape index (κ2) is 8.95. The summed E-state index contributed by atoms with van der Waals surface area (Å²) >= 11 is 0. The van der Waals surface area contributed by atoms with Gasteiger partial charge in [0.15, 0.2) is 0 Å². The van der Waals surface area contributed by atoms with Gasteiger partial charge in [0.1, 0.15) is 0 Å². The molecule has 18 heavy (non-hydrogen) atoms. The van der Waals surface area contributed by atoms with Crippen molar-refractivity contribution in [3.8, 4) is 0 Å². The highest BCUT2D eigenvalue weighted by Gasteiger charge is 2.27. The Kier molecular flexibility index (Phi) is 8.42. The molecular formula is C14H26O4. The Morgan fingerprint density at radius 3 is 2.17 bits per heavy atom. The maximum absolute atomic E-state index is 11.8. The van der Waals surface area contributed by atoms with E-state index in [2.05, 4.69) is 0 Å². The summed E-state index contributed by atoms with van der Waals surface area (Å²) in [6.07, 6.45) is 1.78. The Labute approximate surface area is 110 Å². The minimum atomic E-state index is -0.415. The van der Waals surface area contributed by atoms with Gasteiger partial charge in [0.25, 0.3) is 0 Å². The molecule has 4 heteroatoms. The van der Waals surface area contributed by atoms with Crippen LogP contribution >= 0.6 is 0 Å². The van der Waals surface area contributed by atoms with Gasteiger partial charge in [0.05, 0.1) is 25.0 Å². The molecule has 0 spiro atoms. The SMILES string of the molecule is CCCCOC(=O)CC(C(=O)OC(C)C)C(C)C. The summed E-state index contributed by atoms with van der Waals surface area (Å²) in [6, 6.07) is 0. The van der Waals surface area contributed by atoms with Crippen LogP contribution in [0.3, 0.4) is 0 Å². The van der Waals surface area contributed by atoms with E-state index in [4.69, 9.17) is 9.47 Å². The van der Waals surface area contributed by atoms with Crippen LogP contribution in [0, 0.1) is 11.8 Å². The number of hydrogen-bond acceptors (Lipinski definition) is 4. The lowest BCUT2D eigenvalue weighted by Gasteiger charge is -2.20. The summed E-state index contributed by atoms with van der Waals surface area (Å²) in [7, 11) is 0. The van der Waals surface area contributed by atoms with Gasteiger partial charge in [-0.15, -0.1) is 0 Å². The van der Waals surface area contributed by atoms with Crippen molar-refractivity contribution in [1.29, 1.82) is 0 Å². The van der Waals surface area contributed by atoms with Crippen molar-refractivity contribution in [3.05, 3.63) is 0 Å². The summed E-state index contributed by atoms with van der Waals surface area (Å²) in [5, 5.41) is 0. The predicted molar refractivity (Wildman–Crippen MR) is 70.0 cm³/mol. The second-order valence-corrected chi connectivity index (χ2v) is 5.11. The minimum absolute atomic E-state index is 0.0648. The molecule has 0 radical (unpaired) electrons. The first-order valence-corrected chi connectivity index (χ1v) is 6.74. The molecule has 0 bridgehead atoms. The number of esters is 2. The minimum Gasteiger partial charge on any atom is -0.466 e. The topological polar surface area (TPSA) is 52.6 Å². The van der Waals surface area contributed by atoms with Crippen LogP contribution < -0.4 is 0 Å². The predicted octanol–water partition coefficient (Wildman–Crippen LogP) is 2.94. The van der Waals surface area contributed by atoms with Crippen LogP contribution in [-0.4, -0.2) is 24.6 Å². The highest BCUT2D eigenvalue weighted by molar-refractivity contribution is 5.80. The molecular weight excluding hydrogens is 232 g/mol. The summed E-state index contributed by atoms with van der Waals surface area (Å²) in [5.41, 5.74) is 0. The number of carbonyl (C=O) groups is 2. The maximum Gasteiger partial charge on any atom is 0.310 e. The summed E-state index contributed by atoms with van der Waals surface area (Å²) in [6.45, 7) is 9.88. The van der Waals surface area contributed by atoms with Gasteiger partial charge in [-0.2, -0.15) is 0 Å². The van der Waals surface area contributed by atoms with Crippen LogP contribution in [0.15, 0.2) is 0 Å². The number of hydrogen-bond donors (Lipinski definition) is 0. The van der Waals surface area contributed by atoms with E-state index in [1.54, 1.807) is 13.8 Å². The van der Waals surface area contributed by atoms with E-state index in [1.165, 1.54) is 0 Å². The molecule has 4 nitrogen and oxygen atoms in total. The van der Waals surface area contributed by atoms with E-state index < -0.39 is 5.92 Å². The molecule has 0 aliphatic rings. The molecule has 0 aromatic rings. The lowest BCUT2D eigenvalue weighted by atomic mass is 9.92. The highest BCUT2D eigenvalue weighted by Crippen LogP contribution is 2.18. The number of ether oxygens (including phenoxy) is 2. The summed E-state index contributed by atoms with van der Waals surface area (Å²) < 4.78 is 10.2. The molecule has 106 valence electrons. The second-order valence-electron chi connectivity index (χ2n) is 5.11. The largest absolute Gasteiger partial charge is 0.466 e. The normalized spacial score (nSPS) is 12.6. The number of carbonyl (C=O) groups excluding carboxylic acids is 2. The molecule has 0 aromatic carbocycles. The summed E-state index contributed by atoms with van der Waals surface area (Å²) in [5.74, 6) is -0.980. The van der Waals surface area contributed by atoms with Crippen LogP contribution in [0.5, 0.6) is 0 Å². The average Bonchev–Trinajstić information content (AvgIpc) is 2.24. The van der Waals surface area contributed by atoms with E-state index in [0.717, 1.165) is 12.8 Å². The Balaban J connectivity index is 4.26. The van der Waals surface area contributed by atoms with Gasteiger partial charge in [-0.05, 0) is 26.2 Å². The van der Waals surface area contributed by atoms with Gasteiger partial charge < -0.3 is 9.47 Å². The van der Waals surface area contributed by atoms with Crippen molar-refractivity contribution in [3.63, 3.8) is 0 Å². The van der Waals surface area contributed by atoms with Crippen molar-refractivity contribution in [2.75, 3.05) is 6.61 Å². The van der Waals surface area contributed by atoms with Crippen molar-refractivity contribution in [1.82, 2.24) is 0 Å². The van der Waals surface area contributed by atoms with Crippen molar-refractivity contribution < 1.29 is 19.1 Å². The highest BCUT2D eigenvalue weighted by atomic mass is 16.5.